The number of carbonyl (C=O) groups excluding carboxylic acids is 1. The van der Waals surface area contributed by atoms with Crippen molar-refractivity contribution < 1.29 is 9.90 Å². The molecule has 1 heterocycles. The normalized spacial score (nSPS) is 23.7. The molecule has 1 fully saturated rings. The molecule has 0 aromatic rings. The fourth-order valence-electron chi connectivity index (χ4n) is 1.35. The zero-order valence-electron chi connectivity index (χ0n) is 7.00. The predicted molar refractivity (Wildman–Crippen MR) is 47.2 cm³/mol. The van der Waals surface area contributed by atoms with Crippen LogP contribution in [0.15, 0.2) is 0 Å². The first-order valence-electron chi connectivity index (χ1n) is 4.26. The Bertz CT molecular complexity index is 163. The third-order valence-corrected chi connectivity index (χ3v) is 2.30. The lowest BCUT2D eigenvalue weighted by Gasteiger charge is -2.14. The molecule has 1 aliphatic heterocycles. The Balaban J connectivity index is 2.19. The average Bonchev–Trinajstić information content (AvgIpc) is 2.31. The zero-order valence-corrected chi connectivity index (χ0v) is 7.76. The van der Waals surface area contributed by atoms with Crippen molar-refractivity contribution >= 4 is 17.5 Å². The minimum atomic E-state index is -0.00775. The highest BCUT2D eigenvalue weighted by atomic mass is 35.5. The molecular weight excluding hydrogens is 178 g/mol. The molecule has 1 atom stereocenters. The molecule has 1 unspecified atom stereocenters. The van der Waals surface area contributed by atoms with E-state index in [0.29, 0.717) is 13.0 Å². The Morgan fingerprint density at radius 2 is 2.33 bits per heavy atom. The van der Waals surface area contributed by atoms with Crippen LogP contribution in [-0.2, 0) is 4.79 Å². The van der Waals surface area contributed by atoms with Crippen LogP contribution < -0.4 is 0 Å². The van der Waals surface area contributed by atoms with Crippen molar-refractivity contribution in [3.8, 4) is 0 Å². The van der Waals surface area contributed by atoms with E-state index in [1.807, 2.05) is 0 Å². The fourth-order valence-corrected chi connectivity index (χ4v) is 1.65. The number of likely N-dealkylation sites (tertiary alicyclic amines) is 1. The summed E-state index contributed by atoms with van der Waals surface area (Å²) in [4.78, 5) is 12.9. The molecule has 3 nitrogen and oxygen atoms in total. The molecule has 0 spiro atoms. The van der Waals surface area contributed by atoms with Gasteiger partial charge in [0.25, 0.3) is 0 Å². The molecule has 0 radical (unpaired) electrons. The van der Waals surface area contributed by atoms with Crippen molar-refractivity contribution in [3.63, 3.8) is 0 Å². The van der Waals surface area contributed by atoms with Gasteiger partial charge in [-0.2, -0.15) is 0 Å². The number of hydrogen-bond donors (Lipinski definition) is 1. The van der Waals surface area contributed by atoms with Crippen molar-refractivity contribution in [3.05, 3.63) is 0 Å². The van der Waals surface area contributed by atoms with Crippen LogP contribution in [0.3, 0.4) is 0 Å². The maximum atomic E-state index is 11.2. The van der Waals surface area contributed by atoms with Crippen LogP contribution in [-0.4, -0.2) is 41.0 Å². The van der Waals surface area contributed by atoms with Gasteiger partial charge < -0.3 is 10.0 Å². The Morgan fingerprint density at radius 3 is 2.83 bits per heavy atom. The van der Waals surface area contributed by atoms with Gasteiger partial charge in [-0.05, 0) is 12.8 Å². The summed E-state index contributed by atoms with van der Waals surface area (Å²) in [6.45, 7) is 1.61. The summed E-state index contributed by atoms with van der Waals surface area (Å²) < 4.78 is 0. The topological polar surface area (TPSA) is 40.5 Å². The molecule has 0 aromatic carbocycles. The molecule has 1 amide bonds. The largest absolute Gasteiger partial charge is 0.396 e. The van der Waals surface area contributed by atoms with Crippen LogP contribution in [0, 0.1) is 0 Å². The van der Waals surface area contributed by atoms with E-state index in [0.717, 1.165) is 19.4 Å². The van der Waals surface area contributed by atoms with E-state index < -0.39 is 0 Å². The predicted octanol–water partition coefficient (Wildman–Crippen LogP) is 0.599. The van der Waals surface area contributed by atoms with Crippen LogP contribution >= 0.6 is 11.6 Å². The van der Waals surface area contributed by atoms with E-state index in [1.54, 1.807) is 4.90 Å². The Hall–Kier alpha value is -0.280. The van der Waals surface area contributed by atoms with Gasteiger partial charge in [-0.25, -0.2) is 0 Å². The number of aliphatic hydroxyl groups is 1. The van der Waals surface area contributed by atoms with Gasteiger partial charge in [0.2, 0.25) is 5.91 Å². The molecule has 70 valence electrons. The maximum absolute atomic E-state index is 11.2. The number of aliphatic hydroxyl groups excluding tert-OH is 1. The number of halogens is 1. The van der Waals surface area contributed by atoms with Gasteiger partial charge in [0.15, 0.2) is 0 Å². The Morgan fingerprint density at radius 1 is 1.58 bits per heavy atom. The second-order valence-electron chi connectivity index (χ2n) is 3.07. The monoisotopic (exact) mass is 191 g/mol. The molecular formula is C8H14ClNO2. The molecule has 1 aliphatic rings. The summed E-state index contributed by atoms with van der Waals surface area (Å²) in [6, 6.07) is 0. The molecule has 1 rings (SSSR count). The number of unbranched alkanes of at least 4 members (excludes halogenated alkanes) is 1. The van der Waals surface area contributed by atoms with Gasteiger partial charge in [0.1, 0.15) is 0 Å². The molecule has 1 N–H and O–H groups in total. The van der Waals surface area contributed by atoms with Crippen molar-refractivity contribution in [2.75, 3.05) is 19.7 Å². The quantitative estimate of drug-likeness (QED) is 0.522. The highest BCUT2D eigenvalue weighted by Gasteiger charge is 2.26. The summed E-state index contributed by atoms with van der Waals surface area (Å²) in [5.74, 6) is 0.146. The molecule has 0 saturated carbocycles. The van der Waals surface area contributed by atoms with Gasteiger partial charge in [0, 0.05) is 26.1 Å². The van der Waals surface area contributed by atoms with Gasteiger partial charge in [-0.15, -0.1) is 11.6 Å². The van der Waals surface area contributed by atoms with E-state index in [2.05, 4.69) is 0 Å². The standard InChI is InChI=1S/C8H14ClNO2/c9-7-5-8(12)10(6-7)3-1-2-4-11/h7,11H,1-6H2. The lowest BCUT2D eigenvalue weighted by Crippen LogP contribution is -2.26. The summed E-state index contributed by atoms with van der Waals surface area (Å²) in [6.07, 6.45) is 2.10. The molecule has 0 bridgehead atoms. The average molecular weight is 192 g/mol. The highest BCUT2D eigenvalue weighted by Crippen LogP contribution is 2.16. The van der Waals surface area contributed by atoms with Gasteiger partial charge in [0.05, 0.1) is 5.38 Å². The molecule has 12 heavy (non-hydrogen) atoms. The van der Waals surface area contributed by atoms with Crippen molar-refractivity contribution in [2.24, 2.45) is 0 Å². The summed E-state index contributed by atoms with van der Waals surface area (Å²) >= 11 is 5.80. The molecule has 0 aliphatic carbocycles. The summed E-state index contributed by atoms with van der Waals surface area (Å²) in [5.41, 5.74) is 0. The Labute approximate surface area is 77.3 Å². The third-order valence-electron chi connectivity index (χ3n) is 2.00. The van der Waals surface area contributed by atoms with E-state index in [-0.39, 0.29) is 17.9 Å². The van der Waals surface area contributed by atoms with Gasteiger partial charge >= 0.3 is 0 Å². The smallest absolute Gasteiger partial charge is 0.224 e. The van der Waals surface area contributed by atoms with Crippen LogP contribution in [0.2, 0.25) is 0 Å². The van der Waals surface area contributed by atoms with Crippen molar-refractivity contribution in [1.29, 1.82) is 0 Å². The highest BCUT2D eigenvalue weighted by molar-refractivity contribution is 6.22. The van der Waals surface area contributed by atoms with E-state index in [4.69, 9.17) is 16.7 Å². The van der Waals surface area contributed by atoms with Gasteiger partial charge in [-0.1, -0.05) is 0 Å². The number of hydrogen-bond acceptors (Lipinski definition) is 2. The van der Waals surface area contributed by atoms with E-state index in [9.17, 15) is 4.79 Å². The number of nitrogens with zero attached hydrogens (tertiary/aromatic N) is 1. The third kappa shape index (κ3) is 2.64. The van der Waals surface area contributed by atoms with Gasteiger partial charge in [-0.3, -0.25) is 4.79 Å². The van der Waals surface area contributed by atoms with Crippen LogP contribution in [0.25, 0.3) is 0 Å². The van der Waals surface area contributed by atoms with Crippen LogP contribution in [0.5, 0.6) is 0 Å². The summed E-state index contributed by atoms with van der Waals surface area (Å²) in [5, 5.41) is 8.52. The first kappa shape index (κ1) is 9.81. The number of carbonyl (C=O) groups is 1. The maximum Gasteiger partial charge on any atom is 0.224 e. The Kier molecular flexibility index (Phi) is 3.82. The lowest BCUT2D eigenvalue weighted by atomic mass is 10.3. The minimum Gasteiger partial charge on any atom is -0.396 e. The first-order valence-corrected chi connectivity index (χ1v) is 4.70. The number of alkyl halides is 1. The lowest BCUT2D eigenvalue weighted by molar-refractivity contribution is -0.127. The number of amides is 1. The van der Waals surface area contributed by atoms with Crippen molar-refractivity contribution in [2.45, 2.75) is 24.6 Å². The minimum absolute atomic E-state index is 0.00775. The SMILES string of the molecule is O=C1CC(Cl)CN1CCCCO. The van der Waals surface area contributed by atoms with Crippen molar-refractivity contribution in [1.82, 2.24) is 4.90 Å². The molecule has 0 aromatic heterocycles. The van der Waals surface area contributed by atoms with E-state index >= 15 is 0 Å². The summed E-state index contributed by atoms with van der Waals surface area (Å²) in [7, 11) is 0. The fraction of sp³-hybridized carbons (Fsp3) is 0.875. The second kappa shape index (κ2) is 4.67. The van der Waals surface area contributed by atoms with Crippen LogP contribution in [0.1, 0.15) is 19.3 Å². The molecule has 4 heteroatoms. The second-order valence-corrected chi connectivity index (χ2v) is 3.69. The van der Waals surface area contributed by atoms with Crippen LogP contribution in [0.4, 0.5) is 0 Å². The zero-order chi connectivity index (χ0) is 8.97. The first-order chi connectivity index (χ1) is 5.74. The van der Waals surface area contributed by atoms with E-state index in [1.165, 1.54) is 0 Å². The molecule has 1 saturated heterocycles. The number of rotatable bonds is 4.